The molecule has 6 saturated heterocycles. The maximum atomic E-state index is 12.9. The van der Waals surface area contributed by atoms with E-state index < -0.39 is 248 Å². The van der Waals surface area contributed by atoms with Crippen molar-refractivity contribution in [3.8, 4) is 0 Å². The summed E-state index contributed by atoms with van der Waals surface area (Å²) >= 11 is 0. The Morgan fingerprint density at radius 1 is 0.553 bits per heavy atom. The van der Waals surface area contributed by atoms with Crippen LogP contribution in [-0.4, -0.2) is 349 Å². The second kappa shape index (κ2) is 26.5. The first-order valence-electron chi connectivity index (χ1n) is 23.8. The first-order valence-corrected chi connectivity index (χ1v) is 23.8. The molecule has 1 amide bonds. The molecular formula is C41H69NO34. The largest absolute Gasteiger partial charge is 0.477 e. The monoisotopic (exact) mass is 1120 g/mol. The van der Waals surface area contributed by atoms with Crippen LogP contribution < -0.4 is 5.32 Å². The van der Waals surface area contributed by atoms with E-state index in [-0.39, 0.29) is 0 Å². The highest BCUT2D eigenvalue weighted by molar-refractivity contribution is 5.75. The molecule has 6 rings (SSSR count). The van der Waals surface area contributed by atoms with E-state index >= 15 is 0 Å². The number of ether oxygens (including phenoxy) is 11. The second-order valence-corrected chi connectivity index (χ2v) is 19.0. The fraction of sp³-hybridized carbons (Fsp3) is 0.951. The molecule has 35 heteroatoms. The van der Waals surface area contributed by atoms with Crippen LogP contribution in [0.5, 0.6) is 0 Å². The van der Waals surface area contributed by atoms with Gasteiger partial charge in [-0.3, -0.25) is 4.79 Å². The minimum absolute atomic E-state index is 0.836. The van der Waals surface area contributed by atoms with Gasteiger partial charge in [0.25, 0.3) is 5.79 Å². The molecular weight excluding hydrogens is 1050 g/mol. The molecule has 6 heterocycles. The Balaban J connectivity index is 1.26. The van der Waals surface area contributed by atoms with Gasteiger partial charge in [-0.15, -0.1) is 0 Å². The van der Waals surface area contributed by atoms with Crippen molar-refractivity contribution in [1.82, 2.24) is 5.32 Å². The maximum absolute atomic E-state index is 12.9. The lowest BCUT2D eigenvalue weighted by atomic mass is 9.92. The van der Waals surface area contributed by atoms with E-state index in [1.54, 1.807) is 0 Å². The summed E-state index contributed by atoms with van der Waals surface area (Å²) in [5.41, 5.74) is 0. The standard InChI is InChI=1S/C41H69NO34/c1-9(47)42-17-33(74-39-30(62)34(22(54)14(6-46)70-39)75-38-29(61)24(56)20(52)15(71-38)7-66-36-27(59)23(55)19(51)12(4-44)69-36)21(53)13(5-45)68-35(17)72-16(32-18(50)10(48)2-41(65,76-32)40(63)64)8-67-37-28(60)25(57)26(58)31(73-37)11(49)3-43/h10-39,43-46,48-62,65H,2-8H2,1H3,(H,42,47)(H,63,64)/t10-,11+,12-,13-,14-,15-,16-,17-,18-,19+,20-,21+,22+,23+,24+,25+,26+,27-,28+,29-,30-,31-,32-,33-,34+,35+,36-,37+,38+,39+,41?/m1/s1. The number of rotatable bonds is 20. The fourth-order valence-corrected chi connectivity index (χ4v) is 9.34. The Kier molecular flexibility index (Phi) is 22.0. The Labute approximate surface area is 428 Å². The predicted octanol–water partition coefficient (Wildman–Crippen LogP) is -14.8. The highest BCUT2D eigenvalue weighted by Crippen LogP contribution is 2.37. The minimum Gasteiger partial charge on any atom is -0.477 e. The van der Waals surface area contributed by atoms with Gasteiger partial charge in [-0.2, -0.15) is 0 Å². The van der Waals surface area contributed by atoms with Crippen LogP contribution in [0.1, 0.15) is 13.3 Å². The van der Waals surface area contributed by atoms with E-state index in [9.17, 15) is 117 Å². The first kappa shape index (κ1) is 62.9. The number of aliphatic carboxylic acids is 1. The van der Waals surface area contributed by atoms with Gasteiger partial charge in [0.15, 0.2) is 31.5 Å². The third kappa shape index (κ3) is 13.4. The fourth-order valence-electron chi connectivity index (χ4n) is 9.34. The quantitative estimate of drug-likeness (QED) is 0.0538. The van der Waals surface area contributed by atoms with Crippen LogP contribution >= 0.6 is 0 Å². The van der Waals surface area contributed by atoms with Crippen LogP contribution in [0.3, 0.4) is 0 Å². The second-order valence-electron chi connectivity index (χ2n) is 19.0. The number of carboxylic acid groups (broad SMARTS) is 1. The molecule has 0 aromatic rings. The van der Waals surface area contributed by atoms with Gasteiger partial charge in [0.2, 0.25) is 5.91 Å². The third-order valence-corrected chi connectivity index (χ3v) is 13.7. The van der Waals surface area contributed by atoms with Crippen molar-refractivity contribution < 1.29 is 169 Å². The molecule has 6 aliphatic heterocycles. The molecule has 1 unspecified atom stereocenters. The van der Waals surface area contributed by atoms with Crippen LogP contribution in [-0.2, 0) is 61.7 Å². The molecule has 6 aliphatic rings. The SMILES string of the molecule is CC(=O)N[C@H]1[C@H](O[C@H](CO[C@H]2O[C@H]([C@@H](O)CO)[C@@H](O)[C@H](O)[C@@H]2O)[C@H]2OC(O)(C(=O)O)C[C@@H](O)[C@H]2O)O[C@H](CO)[C@H](O)[C@@H]1O[C@@H]1O[C@H](CO)[C@H](O)[C@H](O[C@@H]2O[C@H](CO[C@@H]3O[C@H](CO)[C@H](O)[C@H](O)[C@H]3O)[C@@H](O)[C@H](O)[C@H]2O)[C@H]1O. The summed E-state index contributed by atoms with van der Waals surface area (Å²) in [7, 11) is 0. The molecule has 0 aromatic heterocycles. The third-order valence-electron chi connectivity index (χ3n) is 13.7. The van der Waals surface area contributed by atoms with Gasteiger partial charge in [-0.05, 0) is 0 Å². The molecule has 35 nitrogen and oxygen atoms in total. The molecule has 0 aromatic carbocycles. The lowest BCUT2D eigenvalue weighted by Gasteiger charge is -2.50. The van der Waals surface area contributed by atoms with Crippen LogP contribution in [0.4, 0.5) is 0 Å². The van der Waals surface area contributed by atoms with Crippen LogP contribution in [0.25, 0.3) is 0 Å². The number of carbonyl (C=O) groups is 2. The van der Waals surface area contributed by atoms with Crippen LogP contribution in [0, 0.1) is 0 Å². The van der Waals surface area contributed by atoms with Gasteiger partial charge >= 0.3 is 5.97 Å². The molecule has 442 valence electrons. The van der Waals surface area contributed by atoms with E-state index in [0.29, 0.717) is 0 Å². The van der Waals surface area contributed by atoms with Crippen molar-refractivity contribution in [2.75, 3.05) is 39.6 Å². The van der Waals surface area contributed by atoms with Gasteiger partial charge < -0.3 is 165 Å². The van der Waals surface area contributed by atoms with E-state index in [1.165, 1.54) is 0 Å². The number of hydrogen-bond donors (Lipinski definition) is 22. The average Bonchev–Trinajstić information content (AvgIpc) is 3.38. The van der Waals surface area contributed by atoms with Gasteiger partial charge in [-0.25, -0.2) is 4.79 Å². The summed E-state index contributed by atoms with van der Waals surface area (Å²) in [5.74, 6) is -6.33. The van der Waals surface area contributed by atoms with E-state index in [2.05, 4.69) is 5.32 Å². The molecule has 31 atom stereocenters. The molecule has 0 bridgehead atoms. The average molecular weight is 1120 g/mol. The van der Waals surface area contributed by atoms with Gasteiger partial charge in [0, 0.05) is 13.3 Å². The highest BCUT2D eigenvalue weighted by Gasteiger charge is 2.58. The number of carbonyl (C=O) groups excluding carboxylic acids is 1. The predicted molar refractivity (Wildman–Crippen MR) is 228 cm³/mol. The summed E-state index contributed by atoms with van der Waals surface area (Å²) in [6.45, 7) is -5.16. The van der Waals surface area contributed by atoms with Gasteiger partial charge in [0.1, 0.15) is 146 Å². The minimum atomic E-state index is -3.28. The summed E-state index contributed by atoms with van der Waals surface area (Å²) in [6, 6.07) is -1.95. The molecule has 6 fully saturated rings. The number of nitrogens with one attached hydrogen (secondary N) is 1. The van der Waals surface area contributed by atoms with Crippen molar-refractivity contribution in [3.63, 3.8) is 0 Å². The van der Waals surface area contributed by atoms with Crippen molar-refractivity contribution in [1.29, 1.82) is 0 Å². The smallest absolute Gasteiger partial charge is 0.364 e. The van der Waals surface area contributed by atoms with Crippen molar-refractivity contribution in [2.45, 2.75) is 203 Å². The topological polar surface area (TPSA) is 573 Å². The van der Waals surface area contributed by atoms with Crippen molar-refractivity contribution in [2.24, 2.45) is 0 Å². The Morgan fingerprint density at radius 3 is 1.59 bits per heavy atom. The summed E-state index contributed by atoms with van der Waals surface area (Å²) in [5, 5.41) is 224. The Bertz CT molecular complexity index is 1850. The zero-order valence-electron chi connectivity index (χ0n) is 40.0. The zero-order chi connectivity index (χ0) is 56.4. The normalized spacial score (nSPS) is 49.2. The molecule has 0 spiro atoms. The van der Waals surface area contributed by atoms with E-state index in [4.69, 9.17) is 52.1 Å². The lowest BCUT2D eigenvalue weighted by Crippen LogP contribution is -2.70. The van der Waals surface area contributed by atoms with Gasteiger partial charge in [0.05, 0.1) is 45.7 Å². The highest BCUT2D eigenvalue weighted by atomic mass is 16.8. The number of hydrogen-bond acceptors (Lipinski definition) is 33. The number of carboxylic acids is 1. The molecule has 76 heavy (non-hydrogen) atoms. The Hall–Kier alpha value is -2.30. The van der Waals surface area contributed by atoms with Gasteiger partial charge in [-0.1, -0.05) is 0 Å². The summed E-state index contributed by atoms with van der Waals surface area (Å²) < 4.78 is 61.8. The first-order chi connectivity index (χ1) is 35.7. The number of aliphatic hydroxyl groups is 20. The van der Waals surface area contributed by atoms with Crippen molar-refractivity contribution >= 4 is 11.9 Å². The number of aliphatic hydroxyl groups excluding tert-OH is 19. The van der Waals surface area contributed by atoms with Crippen molar-refractivity contribution in [3.05, 3.63) is 0 Å². The summed E-state index contributed by atoms with van der Waals surface area (Å²) in [6.07, 6.45) is -59.7. The molecule has 0 saturated carbocycles. The Morgan fingerprint density at radius 2 is 1.03 bits per heavy atom. The van der Waals surface area contributed by atoms with E-state index in [0.717, 1.165) is 6.92 Å². The molecule has 0 radical (unpaired) electrons. The van der Waals surface area contributed by atoms with Crippen LogP contribution in [0.2, 0.25) is 0 Å². The summed E-state index contributed by atoms with van der Waals surface area (Å²) in [4.78, 5) is 25.0. The van der Waals surface area contributed by atoms with E-state index in [1.807, 2.05) is 0 Å². The zero-order valence-corrected chi connectivity index (χ0v) is 40.0. The number of amides is 1. The lowest BCUT2D eigenvalue weighted by molar-refractivity contribution is -0.381. The molecule has 22 N–H and O–H groups in total. The molecule has 0 aliphatic carbocycles. The van der Waals surface area contributed by atoms with Crippen LogP contribution in [0.15, 0.2) is 0 Å². The maximum Gasteiger partial charge on any atom is 0.364 e.